The van der Waals surface area contributed by atoms with Crippen LogP contribution in [0.4, 0.5) is 0 Å². The number of carbonyl (C=O) groups is 1. The van der Waals surface area contributed by atoms with E-state index < -0.39 is 6.10 Å². The van der Waals surface area contributed by atoms with Crippen molar-refractivity contribution in [2.75, 3.05) is 6.61 Å². The van der Waals surface area contributed by atoms with E-state index in [1.54, 1.807) is 30.3 Å². The lowest BCUT2D eigenvalue weighted by atomic mass is 10.0. The first kappa shape index (κ1) is 21.5. The van der Waals surface area contributed by atoms with Gasteiger partial charge in [-0.25, -0.2) is 4.68 Å². The number of hydrogen-bond donors (Lipinski definition) is 1. The summed E-state index contributed by atoms with van der Waals surface area (Å²) in [5.41, 5.74) is 2.98. The number of Topliss-reactive ketones (excluding diaryl/α,β-unsaturated/α-hetero) is 1. The van der Waals surface area contributed by atoms with Crippen LogP contribution >= 0.6 is 0 Å². The second-order valence-corrected chi connectivity index (χ2v) is 7.80. The average molecular weight is 428 g/mol. The zero-order valence-electron chi connectivity index (χ0n) is 18.0. The molecule has 1 heterocycles. The Morgan fingerprint density at radius 3 is 2.47 bits per heavy atom. The third kappa shape index (κ3) is 4.60. The lowest BCUT2D eigenvalue weighted by Crippen LogP contribution is -2.32. The molecule has 6 nitrogen and oxygen atoms in total. The number of rotatable bonds is 7. The number of nitrogens with zero attached hydrogens (tertiary/aromatic N) is 2. The fourth-order valence-corrected chi connectivity index (χ4v) is 3.53. The first-order valence-corrected chi connectivity index (χ1v) is 10.4. The second kappa shape index (κ2) is 9.16. The molecule has 4 aromatic rings. The predicted octanol–water partition coefficient (Wildman–Crippen LogP) is 4.01. The lowest BCUT2D eigenvalue weighted by Gasteiger charge is -2.16. The van der Waals surface area contributed by atoms with Gasteiger partial charge in [0.2, 0.25) is 0 Å². The molecule has 1 aromatic heterocycles. The lowest BCUT2D eigenvalue weighted by molar-refractivity contribution is 0.0881. The van der Waals surface area contributed by atoms with Crippen molar-refractivity contribution in [3.63, 3.8) is 0 Å². The van der Waals surface area contributed by atoms with Gasteiger partial charge in [-0.1, -0.05) is 60.2 Å². The molecule has 0 unspecified atom stereocenters. The number of aliphatic hydroxyl groups is 1. The Balaban J connectivity index is 1.60. The molecule has 162 valence electrons. The summed E-state index contributed by atoms with van der Waals surface area (Å²) in [5.74, 6) is 0.419. The Kier molecular flexibility index (Phi) is 6.14. The van der Waals surface area contributed by atoms with Crippen LogP contribution in [0.1, 0.15) is 22.8 Å². The Morgan fingerprint density at radius 2 is 1.75 bits per heavy atom. The molecule has 0 aliphatic carbocycles. The van der Waals surface area contributed by atoms with Crippen molar-refractivity contribution in [1.29, 1.82) is 0 Å². The summed E-state index contributed by atoms with van der Waals surface area (Å²) in [5, 5.41) is 16.4. The van der Waals surface area contributed by atoms with Gasteiger partial charge < -0.3 is 9.84 Å². The van der Waals surface area contributed by atoms with Crippen LogP contribution in [0.2, 0.25) is 0 Å². The van der Waals surface area contributed by atoms with Crippen LogP contribution in [-0.4, -0.2) is 33.4 Å². The van der Waals surface area contributed by atoms with Crippen molar-refractivity contribution < 1.29 is 14.6 Å². The first-order valence-electron chi connectivity index (χ1n) is 10.4. The van der Waals surface area contributed by atoms with E-state index in [9.17, 15) is 14.7 Å². The zero-order chi connectivity index (χ0) is 22.7. The molecular weight excluding hydrogens is 404 g/mol. The summed E-state index contributed by atoms with van der Waals surface area (Å²) in [4.78, 5) is 24.5. The number of ketones is 1. The number of carbonyl (C=O) groups excluding carboxylic acids is 1. The molecule has 6 heteroatoms. The maximum absolute atomic E-state index is 13.0. The maximum Gasteiger partial charge on any atom is 0.274 e. The number of aliphatic hydroxyl groups excluding tert-OH is 1. The SMILES string of the molecule is CC(=O)c1cccc(OC[C@H](O)Cn2nc(-c3ccc(C)cc3)c3ccccc3c2=O)c1. The van der Waals surface area contributed by atoms with E-state index in [4.69, 9.17) is 4.74 Å². The van der Waals surface area contributed by atoms with Gasteiger partial charge in [-0.2, -0.15) is 5.10 Å². The quantitative estimate of drug-likeness (QED) is 0.450. The van der Waals surface area contributed by atoms with Crippen LogP contribution in [0, 0.1) is 6.92 Å². The Morgan fingerprint density at radius 1 is 1.03 bits per heavy atom. The van der Waals surface area contributed by atoms with E-state index in [1.165, 1.54) is 11.6 Å². The number of benzene rings is 3. The van der Waals surface area contributed by atoms with E-state index in [1.807, 2.05) is 49.4 Å². The highest BCUT2D eigenvalue weighted by atomic mass is 16.5. The topological polar surface area (TPSA) is 81.4 Å². The maximum atomic E-state index is 13.0. The minimum absolute atomic E-state index is 0.0189. The molecule has 0 saturated heterocycles. The van der Waals surface area contributed by atoms with Gasteiger partial charge in [0.1, 0.15) is 18.5 Å². The molecule has 3 aromatic carbocycles. The third-order valence-electron chi connectivity index (χ3n) is 5.26. The summed E-state index contributed by atoms with van der Waals surface area (Å²) < 4.78 is 6.93. The minimum Gasteiger partial charge on any atom is -0.491 e. The minimum atomic E-state index is -0.965. The summed E-state index contributed by atoms with van der Waals surface area (Å²) in [7, 11) is 0. The largest absolute Gasteiger partial charge is 0.491 e. The molecule has 0 aliphatic rings. The van der Waals surface area contributed by atoms with E-state index in [-0.39, 0.29) is 24.5 Å². The predicted molar refractivity (Wildman–Crippen MR) is 124 cm³/mol. The van der Waals surface area contributed by atoms with Crippen molar-refractivity contribution >= 4 is 16.6 Å². The van der Waals surface area contributed by atoms with Crippen LogP contribution in [0.25, 0.3) is 22.0 Å². The summed E-state index contributed by atoms with van der Waals surface area (Å²) >= 11 is 0. The highest BCUT2D eigenvalue weighted by Crippen LogP contribution is 2.25. The van der Waals surface area contributed by atoms with Gasteiger partial charge >= 0.3 is 0 Å². The molecule has 32 heavy (non-hydrogen) atoms. The van der Waals surface area contributed by atoms with Gasteiger partial charge in [0.05, 0.1) is 17.6 Å². The molecule has 1 N–H and O–H groups in total. The first-order chi connectivity index (χ1) is 15.4. The van der Waals surface area contributed by atoms with Crippen molar-refractivity contribution in [2.45, 2.75) is 26.5 Å². The monoisotopic (exact) mass is 428 g/mol. The van der Waals surface area contributed by atoms with Crippen LogP contribution in [0.3, 0.4) is 0 Å². The molecule has 0 aliphatic heterocycles. The average Bonchev–Trinajstić information content (AvgIpc) is 2.80. The second-order valence-electron chi connectivity index (χ2n) is 7.80. The molecular formula is C26H24N2O4. The van der Waals surface area contributed by atoms with E-state index >= 15 is 0 Å². The van der Waals surface area contributed by atoms with E-state index in [0.29, 0.717) is 22.4 Å². The van der Waals surface area contributed by atoms with Gasteiger partial charge in [0, 0.05) is 16.5 Å². The van der Waals surface area contributed by atoms with Crippen molar-refractivity contribution in [1.82, 2.24) is 9.78 Å². The molecule has 0 bridgehead atoms. The van der Waals surface area contributed by atoms with Crippen LogP contribution in [-0.2, 0) is 6.54 Å². The fraction of sp³-hybridized carbons (Fsp3) is 0.192. The van der Waals surface area contributed by atoms with Crippen molar-refractivity contribution in [3.8, 4) is 17.0 Å². The summed E-state index contributed by atoms with van der Waals surface area (Å²) in [6, 6.07) is 22.1. The van der Waals surface area contributed by atoms with E-state index in [2.05, 4.69) is 5.10 Å². The fourth-order valence-electron chi connectivity index (χ4n) is 3.53. The van der Waals surface area contributed by atoms with Crippen LogP contribution in [0.5, 0.6) is 5.75 Å². The highest BCUT2D eigenvalue weighted by Gasteiger charge is 2.15. The van der Waals surface area contributed by atoms with Crippen molar-refractivity contribution in [3.05, 3.63) is 94.3 Å². The Labute approximate surface area is 185 Å². The molecule has 0 amide bonds. The van der Waals surface area contributed by atoms with Gasteiger partial charge in [-0.15, -0.1) is 0 Å². The molecule has 0 radical (unpaired) electrons. The van der Waals surface area contributed by atoms with Gasteiger partial charge in [-0.05, 0) is 32.0 Å². The van der Waals surface area contributed by atoms with E-state index in [0.717, 1.165) is 16.5 Å². The molecule has 0 saturated carbocycles. The summed E-state index contributed by atoms with van der Waals surface area (Å²) in [6.07, 6.45) is -0.965. The number of ether oxygens (including phenoxy) is 1. The van der Waals surface area contributed by atoms with Crippen molar-refractivity contribution in [2.24, 2.45) is 0 Å². The third-order valence-corrected chi connectivity index (χ3v) is 5.26. The molecule has 0 spiro atoms. The van der Waals surface area contributed by atoms with Gasteiger partial charge in [-0.3, -0.25) is 9.59 Å². The smallest absolute Gasteiger partial charge is 0.274 e. The molecule has 1 atom stereocenters. The number of hydrogen-bond acceptors (Lipinski definition) is 5. The van der Waals surface area contributed by atoms with Gasteiger partial charge in [0.25, 0.3) is 5.56 Å². The van der Waals surface area contributed by atoms with Crippen LogP contribution < -0.4 is 10.3 Å². The number of aryl methyl sites for hydroxylation is 1. The summed E-state index contributed by atoms with van der Waals surface area (Å²) in [6.45, 7) is 3.44. The molecule has 0 fully saturated rings. The molecule has 4 rings (SSSR count). The Bertz CT molecular complexity index is 1330. The zero-order valence-corrected chi connectivity index (χ0v) is 18.0. The normalized spacial score (nSPS) is 12.0. The Hall–Kier alpha value is -3.77. The highest BCUT2D eigenvalue weighted by molar-refractivity contribution is 5.94. The number of aromatic nitrogens is 2. The van der Waals surface area contributed by atoms with Gasteiger partial charge in [0.15, 0.2) is 5.78 Å². The standard InChI is InChI=1S/C26H24N2O4/c1-17-10-12-19(13-11-17)25-23-8-3-4-9-24(23)26(31)28(27-25)15-21(30)16-32-22-7-5-6-20(14-22)18(2)29/h3-14,21,30H,15-16H2,1-2H3/t21-/m1/s1. The van der Waals surface area contributed by atoms with Crippen LogP contribution in [0.15, 0.2) is 77.6 Å². The number of fused-ring (bicyclic) bond motifs is 1.